The average molecular weight is 392 g/mol. The number of hydrogen-bond donors (Lipinski definition) is 0. The lowest BCUT2D eigenvalue weighted by Gasteiger charge is -2.36. The Labute approximate surface area is 167 Å². The molecule has 152 valence electrons. The summed E-state index contributed by atoms with van der Waals surface area (Å²) in [5.74, 6) is 1.61. The third kappa shape index (κ3) is 4.90. The zero-order valence-corrected chi connectivity index (χ0v) is 20.0. The Morgan fingerprint density at radius 1 is 0.926 bits per heavy atom. The second-order valence-corrected chi connectivity index (χ2v) is 15.1. The monoisotopic (exact) mass is 392 g/mol. The first kappa shape index (κ1) is 22.3. The van der Waals surface area contributed by atoms with Crippen LogP contribution in [0, 0.1) is 0 Å². The molecule has 0 aliphatic carbocycles. The van der Waals surface area contributed by atoms with E-state index in [-0.39, 0.29) is 22.3 Å². The molecule has 1 aromatic carbocycles. The first-order chi connectivity index (χ1) is 12.0. The minimum atomic E-state index is -1.96. The van der Waals surface area contributed by atoms with Crippen LogP contribution in [0.15, 0.2) is 18.2 Å². The van der Waals surface area contributed by atoms with E-state index in [2.05, 4.69) is 61.6 Å². The predicted octanol–water partition coefficient (Wildman–Crippen LogP) is 5.16. The highest BCUT2D eigenvalue weighted by Crippen LogP contribution is 2.39. The van der Waals surface area contributed by atoms with Crippen LogP contribution >= 0.6 is 0 Å². The topological polar surface area (TPSA) is 36.9 Å². The molecule has 0 N–H and O–H groups in total. The molecule has 1 aliphatic rings. The second kappa shape index (κ2) is 7.12. The second-order valence-electron chi connectivity index (χ2n) is 10.4. The molecule has 0 radical (unpaired) electrons. The van der Waals surface area contributed by atoms with Gasteiger partial charge in [0.15, 0.2) is 0 Å². The maximum atomic E-state index is 6.54. The molecule has 0 atom stereocenters. The van der Waals surface area contributed by atoms with Gasteiger partial charge in [0, 0.05) is 6.07 Å². The SMILES string of the molecule is CC(C)Oc1cc(O[Si](C)(C)C(C)(C)C)cc(B2OC(C)(C)C(C)(C)O2)c1. The molecular formula is C21H37BO4Si. The lowest BCUT2D eigenvalue weighted by atomic mass is 9.79. The van der Waals surface area contributed by atoms with Gasteiger partial charge in [-0.25, -0.2) is 0 Å². The molecule has 0 saturated carbocycles. The molecule has 1 heterocycles. The first-order valence-corrected chi connectivity index (χ1v) is 12.8. The van der Waals surface area contributed by atoms with Gasteiger partial charge in [0.1, 0.15) is 11.5 Å². The predicted molar refractivity (Wildman–Crippen MR) is 116 cm³/mol. The van der Waals surface area contributed by atoms with Crippen molar-refractivity contribution in [2.45, 2.75) is 97.8 Å². The zero-order chi connectivity index (χ0) is 20.8. The summed E-state index contributed by atoms with van der Waals surface area (Å²) in [6.07, 6.45) is 0.0827. The van der Waals surface area contributed by atoms with E-state index in [0.29, 0.717) is 0 Å². The molecule has 27 heavy (non-hydrogen) atoms. The largest absolute Gasteiger partial charge is 0.543 e. The van der Waals surface area contributed by atoms with Crippen LogP contribution in [0.1, 0.15) is 62.3 Å². The molecule has 0 aromatic heterocycles. The fraction of sp³-hybridized carbons (Fsp3) is 0.714. The number of ether oxygens (including phenoxy) is 1. The summed E-state index contributed by atoms with van der Waals surface area (Å²) in [5, 5.41) is 0.117. The molecule has 1 aliphatic heterocycles. The Bertz CT molecular complexity index is 661. The van der Waals surface area contributed by atoms with Gasteiger partial charge in [-0.05, 0) is 77.3 Å². The lowest BCUT2D eigenvalue weighted by Crippen LogP contribution is -2.44. The number of rotatable bonds is 5. The minimum Gasteiger partial charge on any atom is -0.543 e. The third-order valence-corrected chi connectivity index (χ3v) is 10.3. The van der Waals surface area contributed by atoms with Gasteiger partial charge in [0.2, 0.25) is 8.32 Å². The molecule has 0 spiro atoms. The molecule has 0 bridgehead atoms. The maximum Gasteiger partial charge on any atom is 0.495 e. The first-order valence-electron chi connectivity index (χ1n) is 9.90. The van der Waals surface area contributed by atoms with E-state index >= 15 is 0 Å². The van der Waals surface area contributed by atoms with Gasteiger partial charge in [-0.2, -0.15) is 0 Å². The molecule has 4 nitrogen and oxygen atoms in total. The Kier molecular flexibility index (Phi) is 5.89. The Balaban J connectivity index is 2.41. The standard InChI is InChI=1S/C21H37BO4Si/c1-15(2)23-17-12-16(22-25-20(6,7)21(8,9)26-22)13-18(14-17)24-27(10,11)19(3,4)5/h12-15H,1-11H3. The lowest BCUT2D eigenvalue weighted by molar-refractivity contribution is 0.00578. The fourth-order valence-electron chi connectivity index (χ4n) is 2.56. The van der Waals surface area contributed by atoms with Gasteiger partial charge >= 0.3 is 7.12 Å². The molecule has 1 fully saturated rings. The number of hydrogen-bond acceptors (Lipinski definition) is 4. The number of benzene rings is 1. The van der Waals surface area contributed by atoms with Crippen LogP contribution in [0.4, 0.5) is 0 Å². The van der Waals surface area contributed by atoms with E-state index in [9.17, 15) is 0 Å². The van der Waals surface area contributed by atoms with Gasteiger partial charge in [0.05, 0.1) is 17.3 Å². The Hall–Kier alpha value is -0.978. The van der Waals surface area contributed by atoms with Crippen molar-refractivity contribution in [3.05, 3.63) is 18.2 Å². The van der Waals surface area contributed by atoms with Crippen molar-refractivity contribution in [3.8, 4) is 11.5 Å². The van der Waals surface area contributed by atoms with Crippen molar-refractivity contribution in [3.63, 3.8) is 0 Å². The molecule has 1 aromatic rings. The Morgan fingerprint density at radius 3 is 1.85 bits per heavy atom. The van der Waals surface area contributed by atoms with Crippen LogP contribution in [0.2, 0.25) is 18.1 Å². The van der Waals surface area contributed by atoms with E-state index in [1.54, 1.807) is 0 Å². The van der Waals surface area contributed by atoms with Crippen molar-refractivity contribution in [1.29, 1.82) is 0 Å². The van der Waals surface area contributed by atoms with E-state index < -0.39 is 15.4 Å². The van der Waals surface area contributed by atoms with Crippen LogP contribution < -0.4 is 14.6 Å². The maximum absolute atomic E-state index is 6.54. The van der Waals surface area contributed by atoms with Gasteiger partial charge < -0.3 is 18.5 Å². The highest BCUT2D eigenvalue weighted by atomic mass is 28.4. The van der Waals surface area contributed by atoms with Crippen LogP contribution in [0.5, 0.6) is 11.5 Å². The summed E-state index contributed by atoms with van der Waals surface area (Å²) in [6, 6.07) is 6.02. The van der Waals surface area contributed by atoms with Crippen LogP contribution in [-0.4, -0.2) is 32.7 Å². The molecular weight excluding hydrogens is 355 g/mol. The van der Waals surface area contributed by atoms with Crippen molar-refractivity contribution in [2.75, 3.05) is 0 Å². The molecule has 6 heteroatoms. The molecule has 1 saturated heterocycles. The van der Waals surface area contributed by atoms with E-state index in [0.717, 1.165) is 17.0 Å². The van der Waals surface area contributed by atoms with Gasteiger partial charge in [-0.3, -0.25) is 0 Å². The highest BCUT2D eigenvalue weighted by molar-refractivity contribution is 6.74. The summed E-state index contributed by atoms with van der Waals surface area (Å²) in [6.45, 7) is 23.5. The van der Waals surface area contributed by atoms with Crippen molar-refractivity contribution >= 4 is 20.9 Å². The quantitative estimate of drug-likeness (QED) is 0.649. The fourth-order valence-corrected chi connectivity index (χ4v) is 3.57. The van der Waals surface area contributed by atoms with Crippen LogP contribution in [0.3, 0.4) is 0 Å². The summed E-state index contributed by atoms with van der Waals surface area (Å²) in [5.41, 5.74) is 0.167. The third-order valence-electron chi connectivity index (χ3n) is 5.98. The summed E-state index contributed by atoms with van der Waals surface area (Å²) in [7, 11) is -2.40. The zero-order valence-electron chi connectivity index (χ0n) is 19.0. The van der Waals surface area contributed by atoms with Crippen molar-refractivity contribution in [2.24, 2.45) is 0 Å². The summed E-state index contributed by atoms with van der Waals surface area (Å²) < 4.78 is 25.0. The van der Waals surface area contributed by atoms with Gasteiger partial charge in [-0.1, -0.05) is 20.8 Å². The highest BCUT2D eigenvalue weighted by Gasteiger charge is 2.52. The van der Waals surface area contributed by atoms with Gasteiger partial charge in [0.25, 0.3) is 0 Å². The van der Waals surface area contributed by atoms with E-state index in [1.807, 2.05) is 32.0 Å². The molecule has 0 amide bonds. The Morgan fingerprint density at radius 2 is 1.41 bits per heavy atom. The van der Waals surface area contributed by atoms with Crippen LogP contribution in [-0.2, 0) is 9.31 Å². The van der Waals surface area contributed by atoms with Crippen molar-refractivity contribution in [1.82, 2.24) is 0 Å². The minimum absolute atomic E-state index is 0.0827. The van der Waals surface area contributed by atoms with E-state index in [1.165, 1.54) is 0 Å². The molecule has 0 unspecified atom stereocenters. The smallest absolute Gasteiger partial charge is 0.495 e. The average Bonchev–Trinajstić information content (AvgIpc) is 2.64. The summed E-state index contributed by atoms with van der Waals surface area (Å²) in [4.78, 5) is 0. The van der Waals surface area contributed by atoms with Crippen LogP contribution in [0.25, 0.3) is 0 Å². The van der Waals surface area contributed by atoms with E-state index in [4.69, 9.17) is 18.5 Å². The normalized spacial score (nSPS) is 19.5. The summed E-state index contributed by atoms with van der Waals surface area (Å²) >= 11 is 0. The molecule has 2 rings (SSSR count). The van der Waals surface area contributed by atoms with Crippen molar-refractivity contribution < 1.29 is 18.5 Å². The van der Waals surface area contributed by atoms with Gasteiger partial charge in [-0.15, -0.1) is 0 Å².